The van der Waals surface area contributed by atoms with E-state index in [9.17, 15) is 0 Å². The van der Waals surface area contributed by atoms with E-state index in [-0.39, 0.29) is 0 Å². The molecule has 1 aromatic rings. The molecule has 0 aliphatic heterocycles. The summed E-state index contributed by atoms with van der Waals surface area (Å²) in [5.41, 5.74) is 6.16. The highest BCUT2D eigenvalue weighted by molar-refractivity contribution is 9.10. The van der Waals surface area contributed by atoms with Gasteiger partial charge in [-0.25, -0.2) is 4.98 Å². The second kappa shape index (κ2) is 2.49. The molecular formula is C5H7BrN2O. The number of hydrogen-bond acceptors (Lipinski definition) is 3. The smallest absolute Gasteiger partial charge is 0.264 e. The first-order chi connectivity index (χ1) is 4.24. The largest absolute Gasteiger partial charge is 0.435 e. The summed E-state index contributed by atoms with van der Waals surface area (Å²) in [4.78, 5) is 4.45. The molecule has 1 aromatic heterocycles. The number of aromatic nitrogens is 1. The summed E-state index contributed by atoms with van der Waals surface area (Å²) < 4.78 is 5.04. The molecule has 0 atom stereocenters. The number of nitrogens with zero attached hydrogens (tertiary/aromatic N) is 1. The van der Waals surface area contributed by atoms with Crippen LogP contribution in [0.25, 0.3) is 0 Å². The number of nitrogens with two attached hydrogens (primary N) is 1. The van der Waals surface area contributed by atoms with Gasteiger partial charge in [0, 0.05) is 15.9 Å². The molecule has 50 valence electrons. The van der Waals surface area contributed by atoms with Crippen molar-refractivity contribution >= 4 is 15.9 Å². The summed E-state index contributed by atoms with van der Waals surface area (Å²) in [6.07, 6.45) is 0. The van der Waals surface area contributed by atoms with Crippen molar-refractivity contribution in [1.82, 2.24) is 4.98 Å². The first kappa shape index (κ1) is 6.77. The summed E-state index contributed by atoms with van der Waals surface area (Å²) in [5, 5.41) is 0. The summed E-state index contributed by atoms with van der Waals surface area (Å²) in [6, 6.07) is 0. The lowest BCUT2D eigenvalue weighted by Crippen LogP contribution is -1.95. The molecule has 0 saturated carbocycles. The highest BCUT2D eigenvalue weighted by Crippen LogP contribution is 2.13. The zero-order chi connectivity index (χ0) is 6.85. The van der Waals surface area contributed by atoms with Crippen LogP contribution < -0.4 is 5.73 Å². The second-order valence-electron chi connectivity index (χ2n) is 1.68. The number of halogens is 1. The van der Waals surface area contributed by atoms with Gasteiger partial charge in [0.25, 0.3) is 4.80 Å². The van der Waals surface area contributed by atoms with Crippen molar-refractivity contribution in [2.75, 3.05) is 0 Å². The summed E-state index contributed by atoms with van der Waals surface area (Å²) in [6.45, 7) is 2.26. The minimum Gasteiger partial charge on any atom is -0.435 e. The molecule has 0 aliphatic carbocycles. The van der Waals surface area contributed by atoms with Crippen molar-refractivity contribution in [1.29, 1.82) is 0 Å². The highest BCUT2D eigenvalue weighted by Gasteiger charge is 2.03. The van der Waals surface area contributed by atoms with Gasteiger partial charge in [-0.3, -0.25) is 0 Å². The van der Waals surface area contributed by atoms with E-state index in [0.717, 1.165) is 11.5 Å². The van der Waals surface area contributed by atoms with Crippen molar-refractivity contribution in [3.05, 3.63) is 16.3 Å². The van der Waals surface area contributed by atoms with Crippen LogP contribution in [0.4, 0.5) is 0 Å². The minimum absolute atomic E-state index is 0.407. The summed E-state index contributed by atoms with van der Waals surface area (Å²) in [5.74, 6) is 0.738. The van der Waals surface area contributed by atoms with Gasteiger partial charge in [-0.1, -0.05) is 0 Å². The molecule has 3 nitrogen and oxygen atoms in total. The second-order valence-corrected chi connectivity index (χ2v) is 2.36. The predicted octanol–water partition coefficient (Wildman–Crippen LogP) is 1.20. The average Bonchev–Trinajstić information content (AvgIpc) is 2.10. The van der Waals surface area contributed by atoms with Crippen LogP contribution in [0.5, 0.6) is 0 Å². The molecule has 0 spiro atoms. The Hall–Kier alpha value is -0.350. The Kier molecular flexibility index (Phi) is 1.87. The fraction of sp³-hybridized carbons (Fsp3) is 0.400. The Morgan fingerprint density at radius 2 is 2.44 bits per heavy atom. The van der Waals surface area contributed by atoms with E-state index in [1.165, 1.54) is 0 Å². The Balaban J connectivity index is 3.01. The van der Waals surface area contributed by atoms with Crippen molar-refractivity contribution in [2.24, 2.45) is 5.73 Å². The maximum atomic E-state index is 5.31. The van der Waals surface area contributed by atoms with Gasteiger partial charge in [-0.05, 0) is 6.92 Å². The van der Waals surface area contributed by atoms with Crippen molar-refractivity contribution in [3.63, 3.8) is 0 Å². The van der Waals surface area contributed by atoms with Crippen LogP contribution in [0.1, 0.15) is 11.5 Å². The van der Waals surface area contributed by atoms with Gasteiger partial charge < -0.3 is 10.2 Å². The average molecular weight is 191 g/mol. The lowest BCUT2D eigenvalue weighted by Gasteiger charge is -1.85. The van der Waals surface area contributed by atoms with E-state index >= 15 is 0 Å². The molecular weight excluding hydrogens is 184 g/mol. The first-order valence-corrected chi connectivity index (χ1v) is 3.35. The van der Waals surface area contributed by atoms with Crippen LogP contribution in [0.3, 0.4) is 0 Å². The van der Waals surface area contributed by atoms with Crippen LogP contribution in [0, 0.1) is 6.92 Å². The Morgan fingerprint density at radius 1 is 1.78 bits per heavy atom. The molecule has 0 fully saturated rings. The quantitative estimate of drug-likeness (QED) is 0.725. The van der Waals surface area contributed by atoms with Crippen LogP contribution in [0.2, 0.25) is 0 Å². The molecule has 9 heavy (non-hydrogen) atoms. The molecule has 0 saturated heterocycles. The number of aryl methyl sites for hydroxylation is 1. The predicted molar refractivity (Wildman–Crippen MR) is 36.8 cm³/mol. The standard InChI is InChI=1S/C5H7BrN2O/c1-3-4(2-7)9-5(6)8-3/h2,7H2,1H3. The lowest BCUT2D eigenvalue weighted by atomic mass is 10.4. The van der Waals surface area contributed by atoms with E-state index in [1.54, 1.807) is 0 Å². The topological polar surface area (TPSA) is 52.0 Å². The molecule has 0 aromatic carbocycles. The normalized spacial score (nSPS) is 10.1. The summed E-state index contributed by atoms with van der Waals surface area (Å²) in [7, 11) is 0. The van der Waals surface area contributed by atoms with E-state index < -0.39 is 0 Å². The van der Waals surface area contributed by atoms with Gasteiger partial charge in [0.1, 0.15) is 5.76 Å². The van der Waals surface area contributed by atoms with Gasteiger partial charge in [-0.15, -0.1) is 0 Å². The van der Waals surface area contributed by atoms with Crippen LogP contribution in [-0.2, 0) is 6.54 Å². The zero-order valence-electron chi connectivity index (χ0n) is 5.02. The molecule has 0 amide bonds. The molecule has 4 heteroatoms. The Morgan fingerprint density at radius 3 is 2.67 bits per heavy atom. The fourth-order valence-corrected chi connectivity index (χ4v) is 1.04. The number of rotatable bonds is 1. The van der Waals surface area contributed by atoms with Gasteiger partial charge in [0.05, 0.1) is 12.2 Å². The molecule has 2 N–H and O–H groups in total. The van der Waals surface area contributed by atoms with Crippen molar-refractivity contribution in [3.8, 4) is 0 Å². The SMILES string of the molecule is Cc1nc(Br)oc1CN. The fourth-order valence-electron chi connectivity index (χ4n) is 0.582. The van der Waals surface area contributed by atoms with Crippen LogP contribution >= 0.6 is 15.9 Å². The van der Waals surface area contributed by atoms with E-state index in [4.69, 9.17) is 10.2 Å². The molecule has 0 aliphatic rings. The maximum Gasteiger partial charge on any atom is 0.264 e. The van der Waals surface area contributed by atoms with E-state index in [2.05, 4.69) is 20.9 Å². The number of oxazole rings is 1. The minimum atomic E-state index is 0.407. The van der Waals surface area contributed by atoms with Crippen LogP contribution in [0.15, 0.2) is 9.22 Å². The van der Waals surface area contributed by atoms with Gasteiger partial charge in [-0.2, -0.15) is 0 Å². The van der Waals surface area contributed by atoms with E-state index in [1.807, 2.05) is 6.92 Å². The molecule has 0 bridgehead atoms. The van der Waals surface area contributed by atoms with Crippen molar-refractivity contribution < 1.29 is 4.42 Å². The van der Waals surface area contributed by atoms with Gasteiger partial charge in [0.2, 0.25) is 0 Å². The molecule has 1 rings (SSSR count). The summed E-state index contributed by atoms with van der Waals surface area (Å²) >= 11 is 3.09. The third kappa shape index (κ3) is 1.31. The first-order valence-electron chi connectivity index (χ1n) is 2.56. The highest BCUT2D eigenvalue weighted by atomic mass is 79.9. The van der Waals surface area contributed by atoms with Gasteiger partial charge >= 0.3 is 0 Å². The zero-order valence-corrected chi connectivity index (χ0v) is 6.60. The lowest BCUT2D eigenvalue weighted by molar-refractivity contribution is 0.481. The van der Waals surface area contributed by atoms with Crippen LogP contribution in [-0.4, -0.2) is 4.98 Å². The third-order valence-corrected chi connectivity index (χ3v) is 1.39. The molecule has 1 heterocycles. The van der Waals surface area contributed by atoms with Crippen molar-refractivity contribution in [2.45, 2.75) is 13.5 Å². The molecule has 0 radical (unpaired) electrons. The third-order valence-electron chi connectivity index (χ3n) is 1.05. The maximum absolute atomic E-state index is 5.31. The Bertz CT molecular complexity index is 209. The van der Waals surface area contributed by atoms with E-state index in [0.29, 0.717) is 11.3 Å². The molecule has 0 unspecified atom stereocenters. The monoisotopic (exact) mass is 190 g/mol. The van der Waals surface area contributed by atoms with Gasteiger partial charge in [0.15, 0.2) is 0 Å². The number of hydrogen-bond donors (Lipinski definition) is 1. The Labute approximate surface area is 61.4 Å².